The Morgan fingerprint density at radius 1 is 1.67 bits per heavy atom. The zero-order valence-electron chi connectivity index (χ0n) is 5.71. The van der Waals surface area contributed by atoms with Crippen molar-refractivity contribution < 1.29 is 13.3 Å². The lowest BCUT2D eigenvalue weighted by molar-refractivity contribution is -0.389. The van der Waals surface area contributed by atoms with Crippen LogP contribution in [0.5, 0.6) is 0 Å². The van der Waals surface area contributed by atoms with Crippen molar-refractivity contribution in [3.63, 3.8) is 0 Å². The number of imidazole rings is 1. The maximum atomic E-state index is 9.80. The average molecular weight is 194 g/mol. The number of nitro groups is 1. The third kappa shape index (κ3) is 5.32. The largest absolute Gasteiger partial charge is 0.358 e. The number of thiol groups is 1. The minimum absolute atomic E-state index is 0.0787. The fourth-order valence-corrected chi connectivity index (χ4v) is 0.348. The Hall–Kier alpha value is -1.48. The van der Waals surface area contributed by atoms with Crippen molar-refractivity contribution in [2.45, 2.75) is 0 Å². The molecular weight excluding hydrogens is 188 g/mol. The molecule has 0 radical (unpaired) electrons. The standard InChI is InChI=1S/C3H3N3O2.H3NO2S/c7-6(8)3-1-4-2-5-3;1-4(2)3/h1-2H,(H,4,5);4H,(H2,1,2,3). The summed E-state index contributed by atoms with van der Waals surface area (Å²) in [4.78, 5) is 15.0. The number of rotatable bonds is 1. The van der Waals surface area contributed by atoms with E-state index in [0.29, 0.717) is 0 Å². The van der Waals surface area contributed by atoms with Gasteiger partial charge in [0.2, 0.25) is 0 Å². The molecule has 1 aromatic rings. The summed E-state index contributed by atoms with van der Waals surface area (Å²) in [5, 5.41) is 13.9. The van der Waals surface area contributed by atoms with E-state index in [9.17, 15) is 10.1 Å². The molecule has 9 heteroatoms. The molecule has 68 valence electrons. The van der Waals surface area contributed by atoms with Gasteiger partial charge in [0.1, 0.15) is 6.20 Å². The molecule has 0 aliphatic heterocycles. The molecule has 0 aliphatic carbocycles. The maximum absolute atomic E-state index is 9.80. The minimum Gasteiger partial charge on any atom is -0.358 e. The normalized spacial score (nSPS) is 8.83. The Morgan fingerprint density at radius 2 is 2.17 bits per heavy atom. The molecule has 1 heterocycles. The Morgan fingerprint density at radius 3 is 2.33 bits per heavy atom. The Balaban J connectivity index is 0.000000261. The molecule has 12 heavy (non-hydrogen) atoms. The highest BCUT2D eigenvalue weighted by molar-refractivity contribution is 7.69. The number of nitrogens with one attached hydrogen (secondary N) is 1. The van der Waals surface area contributed by atoms with Gasteiger partial charge in [-0.25, -0.2) is 23.5 Å². The number of aromatic nitrogens is 2. The monoisotopic (exact) mass is 194 g/mol. The lowest BCUT2D eigenvalue weighted by atomic mass is 10.8. The van der Waals surface area contributed by atoms with Crippen LogP contribution in [0.3, 0.4) is 0 Å². The van der Waals surface area contributed by atoms with Crippen molar-refractivity contribution in [3.05, 3.63) is 22.6 Å². The molecule has 0 aliphatic rings. The first-order valence-electron chi connectivity index (χ1n) is 2.56. The van der Waals surface area contributed by atoms with Gasteiger partial charge in [0.25, 0.3) is 0 Å². The van der Waals surface area contributed by atoms with Gasteiger partial charge in [-0.05, 0) is 4.92 Å². The highest BCUT2D eigenvalue weighted by atomic mass is 32.2. The molecule has 0 aromatic carbocycles. The molecule has 3 N–H and O–H groups in total. The Bertz CT molecular complexity index is 296. The topological polar surface area (TPSA) is 132 Å². The predicted octanol–water partition coefficient (Wildman–Crippen LogP) is -1.21. The van der Waals surface area contributed by atoms with E-state index in [1.54, 1.807) is 0 Å². The van der Waals surface area contributed by atoms with E-state index in [1.807, 2.05) is 0 Å². The van der Waals surface area contributed by atoms with Gasteiger partial charge < -0.3 is 10.1 Å². The van der Waals surface area contributed by atoms with Gasteiger partial charge in [-0.2, -0.15) is 0 Å². The summed E-state index contributed by atoms with van der Waals surface area (Å²) >= 11 is 0. The second-order valence-corrected chi connectivity index (χ2v) is 2.05. The number of H-pyrrole nitrogens is 1. The van der Waals surface area contributed by atoms with Crippen molar-refractivity contribution in [2.75, 3.05) is 0 Å². The summed E-state index contributed by atoms with van der Waals surface area (Å²) in [5.74, 6) is -0.0787. The van der Waals surface area contributed by atoms with Crippen LogP contribution in [-0.2, 0) is 10.9 Å². The second kappa shape index (κ2) is 5.21. The molecule has 0 atom stereocenters. The average Bonchev–Trinajstić information content (AvgIpc) is 2.34. The molecule has 0 saturated carbocycles. The maximum Gasteiger partial charge on any atom is 0.340 e. The van der Waals surface area contributed by atoms with Gasteiger partial charge >= 0.3 is 5.82 Å². The van der Waals surface area contributed by atoms with Crippen LogP contribution < -0.4 is 5.14 Å². The van der Waals surface area contributed by atoms with E-state index >= 15 is 0 Å². The summed E-state index contributed by atoms with van der Waals surface area (Å²) in [6.07, 6.45) is 2.41. The number of nitrogens with zero attached hydrogens (tertiary/aromatic N) is 2. The van der Waals surface area contributed by atoms with Gasteiger partial charge in [0.15, 0.2) is 17.2 Å². The molecule has 0 unspecified atom stereocenters. The van der Waals surface area contributed by atoms with Crippen LogP contribution in [0.25, 0.3) is 0 Å². The van der Waals surface area contributed by atoms with Gasteiger partial charge in [-0.15, -0.1) is 0 Å². The highest BCUT2D eigenvalue weighted by Gasteiger charge is 1.99. The molecule has 8 nitrogen and oxygen atoms in total. The molecule has 0 spiro atoms. The first kappa shape index (κ1) is 10.5. The number of nitrogens with two attached hydrogens (primary N) is 1. The van der Waals surface area contributed by atoms with E-state index in [4.69, 9.17) is 8.42 Å². The van der Waals surface area contributed by atoms with E-state index < -0.39 is 15.8 Å². The first-order valence-corrected chi connectivity index (χ1v) is 3.80. The van der Waals surface area contributed by atoms with Crippen molar-refractivity contribution >= 4 is 16.7 Å². The summed E-state index contributed by atoms with van der Waals surface area (Å²) in [6.45, 7) is 0. The summed E-state index contributed by atoms with van der Waals surface area (Å²) in [7, 11) is -2.62. The van der Waals surface area contributed by atoms with E-state index in [-0.39, 0.29) is 5.82 Å². The van der Waals surface area contributed by atoms with Crippen LogP contribution in [0.15, 0.2) is 12.5 Å². The number of hydrogen-bond acceptors (Lipinski definition) is 5. The third-order valence-corrected chi connectivity index (χ3v) is 0.680. The van der Waals surface area contributed by atoms with Crippen LogP contribution >= 0.6 is 0 Å². The Labute approximate surface area is 68.7 Å². The van der Waals surface area contributed by atoms with Crippen molar-refractivity contribution in [2.24, 2.45) is 5.14 Å². The van der Waals surface area contributed by atoms with Crippen molar-refractivity contribution in [1.29, 1.82) is 0 Å². The fourth-order valence-electron chi connectivity index (χ4n) is 0.348. The minimum atomic E-state index is -2.62. The van der Waals surface area contributed by atoms with Gasteiger partial charge in [-0.1, -0.05) is 0 Å². The molecule has 0 amide bonds. The molecular formula is C3H6N4O4S. The van der Waals surface area contributed by atoms with E-state index in [2.05, 4.69) is 15.1 Å². The van der Waals surface area contributed by atoms with Crippen LogP contribution in [-0.4, -0.2) is 23.3 Å². The zero-order valence-corrected chi connectivity index (χ0v) is 6.60. The van der Waals surface area contributed by atoms with Gasteiger partial charge in [-0.3, -0.25) is 0 Å². The SMILES string of the molecule is N[SH](=O)=O.O=[N+]([O-])c1cnc[nH]1. The third-order valence-electron chi connectivity index (χ3n) is 0.680. The molecule has 0 fully saturated rings. The van der Waals surface area contributed by atoms with Crippen molar-refractivity contribution in [1.82, 2.24) is 9.97 Å². The lowest BCUT2D eigenvalue weighted by Crippen LogP contribution is -1.85. The molecule has 0 saturated heterocycles. The van der Waals surface area contributed by atoms with Gasteiger partial charge in [0.05, 0.1) is 0 Å². The number of hydrogen-bond donors (Lipinski definition) is 3. The highest BCUT2D eigenvalue weighted by Crippen LogP contribution is 1.99. The van der Waals surface area contributed by atoms with E-state index in [1.165, 1.54) is 6.33 Å². The first-order chi connectivity index (χ1) is 5.54. The second-order valence-electron chi connectivity index (χ2n) is 1.48. The van der Waals surface area contributed by atoms with Crippen molar-refractivity contribution in [3.8, 4) is 0 Å². The van der Waals surface area contributed by atoms with E-state index in [0.717, 1.165) is 6.20 Å². The summed E-state index contributed by atoms with van der Waals surface area (Å²) in [6, 6.07) is 0. The fraction of sp³-hybridized carbons (Fsp3) is 0. The molecule has 0 bridgehead atoms. The van der Waals surface area contributed by atoms with Crippen LogP contribution in [0.1, 0.15) is 0 Å². The number of aromatic amines is 1. The molecule has 1 rings (SSSR count). The lowest BCUT2D eigenvalue weighted by Gasteiger charge is -1.83. The van der Waals surface area contributed by atoms with Crippen LogP contribution in [0, 0.1) is 10.1 Å². The molecule has 1 aromatic heterocycles. The summed E-state index contributed by atoms with van der Waals surface area (Å²) < 4.78 is 17.6. The van der Waals surface area contributed by atoms with Crippen LogP contribution in [0.2, 0.25) is 0 Å². The zero-order chi connectivity index (χ0) is 9.56. The van der Waals surface area contributed by atoms with Crippen LogP contribution in [0.4, 0.5) is 5.82 Å². The summed E-state index contributed by atoms with van der Waals surface area (Å²) in [5.41, 5.74) is 0. The predicted molar refractivity (Wildman–Crippen MR) is 39.7 cm³/mol. The Kier molecular flexibility index (Phi) is 4.57. The quantitative estimate of drug-likeness (QED) is 0.293. The smallest absolute Gasteiger partial charge is 0.340 e. The van der Waals surface area contributed by atoms with Gasteiger partial charge in [0, 0.05) is 0 Å².